The number of carboxylic acids is 1. The van der Waals surface area contributed by atoms with Crippen LogP contribution in [0.2, 0.25) is 0 Å². The molecule has 0 aliphatic heterocycles. The fourth-order valence-corrected chi connectivity index (χ4v) is 6.96. The highest BCUT2D eigenvalue weighted by molar-refractivity contribution is 5.70. The summed E-state index contributed by atoms with van der Waals surface area (Å²) < 4.78 is 17.2. The van der Waals surface area contributed by atoms with Crippen molar-refractivity contribution in [2.24, 2.45) is 0 Å². The number of ether oxygens (including phenoxy) is 3. The lowest BCUT2D eigenvalue weighted by molar-refractivity contribution is -0.889. The Labute approximate surface area is 386 Å². The summed E-state index contributed by atoms with van der Waals surface area (Å²) in [6.45, 7) is 4.42. The molecule has 0 N–H and O–H groups in total. The molecule has 63 heavy (non-hydrogen) atoms. The lowest BCUT2D eigenvalue weighted by atomic mass is 10.1. The second kappa shape index (κ2) is 45.1. The minimum absolute atomic E-state index is 0.0295. The van der Waals surface area contributed by atoms with Crippen LogP contribution in [0.25, 0.3) is 0 Å². The van der Waals surface area contributed by atoms with Crippen molar-refractivity contribution in [3.05, 3.63) is 85.1 Å². The van der Waals surface area contributed by atoms with E-state index in [1.54, 1.807) is 21.1 Å². The number of hydrogen-bond acceptors (Lipinski definition) is 7. The second-order valence-corrected chi connectivity index (χ2v) is 17.6. The Kier molecular flexibility index (Phi) is 42.6. The zero-order valence-electron chi connectivity index (χ0n) is 41.0. The van der Waals surface area contributed by atoms with Crippen molar-refractivity contribution in [3.8, 4) is 0 Å². The maximum atomic E-state index is 12.8. The number of carbonyl (C=O) groups excluding carboxylic acids is 3. The van der Waals surface area contributed by atoms with Gasteiger partial charge in [-0.1, -0.05) is 176 Å². The third-order valence-corrected chi connectivity index (χ3v) is 10.8. The minimum Gasteiger partial charge on any atom is -0.544 e. The maximum absolute atomic E-state index is 12.8. The Hall–Kier alpha value is -3.49. The largest absolute Gasteiger partial charge is 0.544 e. The van der Waals surface area contributed by atoms with Gasteiger partial charge in [0, 0.05) is 19.3 Å². The first-order chi connectivity index (χ1) is 30.6. The van der Waals surface area contributed by atoms with Crippen molar-refractivity contribution < 1.29 is 38.2 Å². The molecule has 0 saturated carbocycles. The molecule has 0 aliphatic carbocycles. The quantitative estimate of drug-likeness (QED) is 0.0260. The first-order valence-corrected chi connectivity index (χ1v) is 25.1. The molecule has 0 spiro atoms. The number of carboxylic acid groups (broad SMARTS) is 1. The number of allylic oxidation sites excluding steroid dienone is 14. The average Bonchev–Trinajstić information content (AvgIpc) is 3.24. The van der Waals surface area contributed by atoms with Gasteiger partial charge in [0.05, 0.1) is 40.3 Å². The Morgan fingerprint density at radius 3 is 1.24 bits per heavy atom. The number of carbonyl (C=O) groups is 3. The predicted molar refractivity (Wildman–Crippen MR) is 263 cm³/mol. The molecule has 0 aromatic heterocycles. The molecule has 0 bridgehead atoms. The Morgan fingerprint density at radius 1 is 0.476 bits per heavy atom. The molecule has 0 radical (unpaired) electrons. The maximum Gasteiger partial charge on any atom is 0.306 e. The lowest BCUT2D eigenvalue weighted by Crippen LogP contribution is -2.55. The molecule has 2 atom stereocenters. The standard InChI is InChI=1S/C55H93NO7/c1-6-8-10-12-14-16-18-20-22-24-26-28-29-31-33-35-37-39-41-43-45-53(57)62-50-51(49-61-48-47-52(55(59)60)56(3,4)5)63-54(58)46-44-42-40-38-36-34-32-30-27-25-23-21-19-17-15-13-11-9-7-2/h8-11,14-17,20-23,27,30,51-52H,6-7,12-13,18-19,24-26,28-29,31-50H2,1-5H3/b10-8+,11-9+,16-14+,17-15+,22-20+,23-21+,30-27+. The lowest BCUT2D eigenvalue weighted by Gasteiger charge is -2.34. The van der Waals surface area contributed by atoms with Crippen LogP contribution in [0.1, 0.15) is 194 Å². The monoisotopic (exact) mass is 880 g/mol. The van der Waals surface area contributed by atoms with Crippen LogP contribution in [0.4, 0.5) is 0 Å². The van der Waals surface area contributed by atoms with Crippen molar-refractivity contribution in [2.45, 2.75) is 206 Å². The van der Waals surface area contributed by atoms with Crippen LogP contribution in [0.3, 0.4) is 0 Å². The van der Waals surface area contributed by atoms with E-state index in [-0.39, 0.29) is 42.7 Å². The first kappa shape index (κ1) is 59.5. The van der Waals surface area contributed by atoms with E-state index < -0.39 is 18.1 Å². The second-order valence-electron chi connectivity index (χ2n) is 17.6. The summed E-state index contributed by atoms with van der Waals surface area (Å²) in [4.78, 5) is 37.0. The molecule has 8 nitrogen and oxygen atoms in total. The van der Waals surface area contributed by atoms with Crippen molar-refractivity contribution in [2.75, 3.05) is 41.0 Å². The van der Waals surface area contributed by atoms with Gasteiger partial charge in [-0.15, -0.1) is 0 Å². The molecular formula is C55H93NO7. The van der Waals surface area contributed by atoms with E-state index in [1.807, 2.05) is 0 Å². The van der Waals surface area contributed by atoms with Gasteiger partial charge in [-0.3, -0.25) is 9.59 Å². The molecule has 0 aromatic rings. The molecule has 0 saturated heterocycles. The Morgan fingerprint density at radius 2 is 0.841 bits per heavy atom. The molecule has 0 rings (SSSR count). The summed E-state index contributed by atoms with van der Waals surface area (Å²) in [6, 6.07) is -0.734. The SMILES string of the molecule is CC/C=C/C/C=C/C/C=C/C/C=C/CCCCCCCCC(=O)OC(COCCC(C(=O)[O-])[N+](C)(C)C)COC(=O)CCCCCCCCCCCC/C=C/C/C=C/C/C=C/CC. The molecular weight excluding hydrogens is 787 g/mol. The van der Waals surface area contributed by atoms with E-state index in [2.05, 4.69) is 98.9 Å². The molecule has 8 heteroatoms. The Balaban J connectivity index is 4.30. The smallest absolute Gasteiger partial charge is 0.306 e. The molecule has 360 valence electrons. The summed E-state index contributed by atoms with van der Waals surface area (Å²) in [7, 11) is 5.40. The summed E-state index contributed by atoms with van der Waals surface area (Å²) >= 11 is 0. The minimum atomic E-state index is -1.13. The van der Waals surface area contributed by atoms with Crippen molar-refractivity contribution in [1.29, 1.82) is 0 Å². The van der Waals surface area contributed by atoms with Crippen molar-refractivity contribution in [3.63, 3.8) is 0 Å². The average molecular weight is 880 g/mol. The van der Waals surface area contributed by atoms with E-state index in [0.29, 0.717) is 12.8 Å². The summed E-state index contributed by atoms with van der Waals surface area (Å²) in [5.41, 5.74) is 0. The van der Waals surface area contributed by atoms with E-state index >= 15 is 0 Å². The number of quaternary nitrogens is 1. The molecule has 0 aromatic carbocycles. The van der Waals surface area contributed by atoms with Crippen LogP contribution in [-0.4, -0.2) is 75.5 Å². The van der Waals surface area contributed by atoms with Gasteiger partial charge in [0.2, 0.25) is 0 Å². The van der Waals surface area contributed by atoms with Crippen LogP contribution in [0.15, 0.2) is 85.1 Å². The summed E-state index contributed by atoms with van der Waals surface area (Å²) in [5, 5.41) is 11.7. The normalized spacial score (nSPS) is 13.6. The highest BCUT2D eigenvalue weighted by Gasteiger charge is 2.25. The van der Waals surface area contributed by atoms with E-state index in [4.69, 9.17) is 14.2 Å². The van der Waals surface area contributed by atoms with Crippen molar-refractivity contribution in [1.82, 2.24) is 0 Å². The van der Waals surface area contributed by atoms with Gasteiger partial charge < -0.3 is 28.6 Å². The van der Waals surface area contributed by atoms with Crippen LogP contribution in [-0.2, 0) is 28.6 Å². The van der Waals surface area contributed by atoms with Gasteiger partial charge in [0.15, 0.2) is 6.10 Å². The molecule has 0 heterocycles. The van der Waals surface area contributed by atoms with E-state index in [9.17, 15) is 19.5 Å². The van der Waals surface area contributed by atoms with Gasteiger partial charge in [-0.2, -0.15) is 0 Å². The number of hydrogen-bond donors (Lipinski definition) is 0. The van der Waals surface area contributed by atoms with Crippen LogP contribution < -0.4 is 5.11 Å². The fraction of sp³-hybridized carbons (Fsp3) is 0.691. The van der Waals surface area contributed by atoms with Crippen LogP contribution >= 0.6 is 0 Å². The number of aliphatic carboxylic acids is 1. The molecule has 2 unspecified atom stereocenters. The summed E-state index contributed by atoms with van der Waals surface area (Å²) in [6.07, 6.45) is 58.9. The highest BCUT2D eigenvalue weighted by Crippen LogP contribution is 2.14. The zero-order valence-corrected chi connectivity index (χ0v) is 41.0. The Bertz CT molecular complexity index is 1300. The van der Waals surface area contributed by atoms with E-state index in [1.165, 1.54) is 64.2 Å². The van der Waals surface area contributed by atoms with Gasteiger partial charge in [0.25, 0.3) is 0 Å². The van der Waals surface area contributed by atoms with Crippen LogP contribution in [0.5, 0.6) is 0 Å². The molecule has 0 aliphatic rings. The summed E-state index contributed by atoms with van der Waals surface area (Å²) in [5.74, 6) is -1.76. The topological polar surface area (TPSA) is 102 Å². The number of unbranched alkanes of at least 4 members (excludes halogenated alkanes) is 16. The predicted octanol–water partition coefficient (Wildman–Crippen LogP) is 13.1. The zero-order chi connectivity index (χ0) is 46.3. The van der Waals surface area contributed by atoms with Gasteiger partial charge >= 0.3 is 11.9 Å². The third kappa shape index (κ3) is 43.5. The van der Waals surface area contributed by atoms with Gasteiger partial charge in [-0.25, -0.2) is 0 Å². The number of esters is 2. The fourth-order valence-electron chi connectivity index (χ4n) is 6.96. The first-order valence-electron chi connectivity index (χ1n) is 25.1. The van der Waals surface area contributed by atoms with Gasteiger partial charge in [0.1, 0.15) is 12.6 Å². The number of nitrogens with zero attached hydrogens (tertiary/aromatic N) is 1. The van der Waals surface area contributed by atoms with E-state index in [0.717, 1.165) is 96.3 Å². The molecule has 0 amide bonds. The van der Waals surface area contributed by atoms with Gasteiger partial charge in [-0.05, 0) is 83.5 Å². The van der Waals surface area contributed by atoms with Crippen LogP contribution in [0, 0.1) is 0 Å². The molecule has 0 fully saturated rings. The van der Waals surface area contributed by atoms with Crippen molar-refractivity contribution >= 4 is 17.9 Å². The number of rotatable bonds is 44. The third-order valence-electron chi connectivity index (χ3n) is 10.8. The number of likely N-dealkylation sites (N-methyl/N-ethyl adjacent to an activating group) is 1. The highest BCUT2D eigenvalue weighted by atomic mass is 16.6.